The topological polar surface area (TPSA) is 104 Å². The Morgan fingerprint density at radius 3 is 2.97 bits per heavy atom. The number of hydrogen-bond acceptors (Lipinski definition) is 6. The minimum Gasteiger partial charge on any atom is -0.489 e. The molecule has 1 aliphatic heterocycles. The van der Waals surface area contributed by atoms with Gasteiger partial charge in [-0.05, 0) is 49.5 Å². The van der Waals surface area contributed by atoms with Gasteiger partial charge in [-0.1, -0.05) is 18.5 Å². The van der Waals surface area contributed by atoms with Gasteiger partial charge in [-0.3, -0.25) is 9.79 Å². The first kappa shape index (κ1) is 25.1. The van der Waals surface area contributed by atoms with Crippen LogP contribution in [0.2, 0.25) is 0 Å². The lowest BCUT2D eigenvalue weighted by Gasteiger charge is -2.33. The summed E-state index contributed by atoms with van der Waals surface area (Å²) in [6.07, 6.45) is 12.1. The van der Waals surface area contributed by atoms with Gasteiger partial charge in [0, 0.05) is 62.4 Å². The molecule has 33 heavy (non-hydrogen) atoms. The maximum absolute atomic E-state index is 12.0. The molecule has 4 unspecified atom stereocenters. The number of halogens is 1. The van der Waals surface area contributed by atoms with Gasteiger partial charge in [0.2, 0.25) is 5.91 Å². The van der Waals surface area contributed by atoms with Crippen LogP contribution in [0.15, 0.2) is 51.5 Å². The SMILES string of the molecule is CC=N/C(=C\NCC1C=C(OC2C=C(Cl)C=C(CN3CCCC3=O)C2)C(C#N)CC1C)CN. The minimum atomic E-state index is -0.280. The number of nitrogens with zero attached hydrogens (tertiary/aromatic N) is 3. The molecule has 3 aliphatic rings. The molecular formula is C25H34ClN5O2. The molecule has 1 amide bonds. The van der Waals surface area contributed by atoms with Gasteiger partial charge >= 0.3 is 0 Å². The summed E-state index contributed by atoms with van der Waals surface area (Å²) >= 11 is 6.38. The Balaban J connectivity index is 1.66. The first-order valence-corrected chi connectivity index (χ1v) is 12.0. The fourth-order valence-corrected chi connectivity index (χ4v) is 4.85. The largest absolute Gasteiger partial charge is 0.489 e. The molecule has 7 nitrogen and oxygen atoms in total. The zero-order valence-corrected chi connectivity index (χ0v) is 20.2. The van der Waals surface area contributed by atoms with Crippen LogP contribution in [0.4, 0.5) is 0 Å². The van der Waals surface area contributed by atoms with Crippen molar-refractivity contribution in [3.63, 3.8) is 0 Å². The molecule has 0 aromatic heterocycles. The van der Waals surface area contributed by atoms with Crippen molar-refractivity contribution in [2.24, 2.45) is 28.5 Å². The van der Waals surface area contributed by atoms with E-state index in [-0.39, 0.29) is 23.8 Å². The highest BCUT2D eigenvalue weighted by atomic mass is 35.5. The van der Waals surface area contributed by atoms with E-state index >= 15 is 0 Å². The molecule has 0 spiro atoms. The molecule has 8 heteroatoms. The van der Waals surface area contributed by atoms with Crippen LogP contribution in [0.25, 0.3) is 0 Å². The van der Waals surface area contributed by atoms with Crippen LogP contribution < -0.4 is 11.1 Å². The summed E-state index contributed by atoms with van der Waals surface area (Å²) in [6, 6.07) is 2.40. The van der Waals surface area contributed by atoms with Crippen LogP contribution in [0, 0.1) is 29.1 Å². The predicted octanol–water partition coefficient (Wildman–Crippen LogP) is 3.61. The highest BCUT2D eigenvalue weighted by molar-refractivity contribution is 6.31. The molecule has 0 aromatic rings. The summed E-state index contributed by atoms with van der Waals surface area (Å²) in [6.45, 7) is 6.47. The number of hydrogen-bond donors (Lipinski definition) is 2. The van der Waals surface area contributed by atoms with Crippen LogP contribution in [0.3, 0.4) is 0 Å². The molecule has 0 bridgehead atoms. The van der Waals surface area contributed by atoms with Crippen LogP contribution >= 0.6 is 11.6 Å². The number of likely N-dealkylation sites (tertiary alicyclic amines) is 1. The zero-order valence-electron chi connectivity index (χ0n) is 19.5. The monoisotopic (exact) mass is 471 g/mol. The van der Waals surface area contributed by atoms with Gasteiger partial charge in [0.25, 0.3) is 0 Å². The average Bonchev–Trinajstić information content (AvgIpc) is 3.18. The van der Waals surface area contributed by atoms with E-state index < -0.39 is 0 Å². The van der Waals surface area contributed by atoms with Gasteiger partial charge in [0.05, 0.1) is 11.8 Å². The Bertz CT molecular complexity index is 914. The van der Waals surface area contributed by atoms with Gasteiger partial charge in [-0.2, -0.15) is 5.26 Å². The van der Waals surface area contributed by atoms with E-state index in [1.54, 1.807) is 6.21 Å². The van der Waals surface area contributed by atoms with Gasteiger partial charge in [0.15, 0.2) is 0 Å². The summed E-state index contributed by atoms with van der Waals surface area (Å²) in [5.74, 6) is 1.17. The number of nitrogens with two attached hydrogens (primary N) is 1. The molecule has 1 fully saturated rings. The molecule has 3 N–H and O–H groups in total. The lowest BCUT2D eigenvalue weighted by atomic mass is 9.79. The lowest BCUT2D eigenvalue weighted by molar-refractivity contribution is -0.127. The number of rotatable bonds is 9. The highest BCUT2D eigenvalue weighted by Crippen LogP contribution is 2.35. The van der Waals surface area contributed by atoms with Gasteiger partial charge in [-0.15, -0.1) is 0 Å². The Kier molecular flexibility index (Phi) is 9.16. The van der Waals surface area contributed by atoms with Gasteiger partial charge in [0.1, 0.15) is 17.8 Å². The van der Waals surface area contributed by atoms with Gasteiger partial charge < -0.3 is 20.7 Å². The molecule has 0 saturated carbocycles. The summed E-state index contributed by atoms with van der Waals surface area (Å²) in [4.78, 5) is 18.1. The Labute approximate surface area is 201 Å². The second-order valence-corrected chi connectivity index (χ2v) is 9.33. The third-order valence-corrected chi connectivity index (χ3v) is 6.58. The second-order valence-electron chi connectivity index (χ2n) is 8.90. The Morgan fingerprint density at radius 2 is 2.30 bits per heavy atom. The Morgan fingerprint density at radius 1 is 1.48 bits per heavy atom. The number of nitriles is 1. The van der Waals surface area contributed by atoms with E-state index in [2.05, 4.69) is 29.4 Å². The second kappa shape index (κ2) is 12.1. The molecule has 1 saturated heterocycles. The maximum atomic E-state index is 12.0. The van der Waals surface area contributed by atoms with Crippen LogP contribution in [-0.2, 0) is 9.53 Å². The first-order valence-electron chi connectivity index (χ1n) is 11.7. The molecule has 0 aromatic carbocycles. The molecule has 178 valence electrons. The number of amides is 1. The van der Waals surface area contributed by atoms with Crippen molar-refractivity contribution in [1.29, 1.82) is 5.26 Å². The number of allylic oxidation sites excluding steroid dienone is 3. The molecule has 2 aliphatic carbocycles. The normalized spacial score (nSPS) is 28.3. The predicted molar refractivity (Wildman–Crippen MR) is 131 cm³/mol. The third kappa shape index (κ3) is 6.96. The molecule has 3 rings (SSSR count). The van der Waals surface area contributed by atoms with Crippen LogP contribution in [0.5, 0.6) is 0 Å². The van der Waals surface area contributed by atoms with Crippen LogP contribution in [-0.4, -0.2) is 49.3 Å². The molecule has 4 atom stereocenters. The fraction of sp³-hybridized carbons (Fsp3) is 0.560. The summed E-state index contributed by atoms with van der Waals surface area (Å²) < 4.78 is 6.34. The summed E-state index contributed by atoms with van der Waals surface area (Å²) in [5, 5.41) is 13.7. The minimum absolute atomic E-state index is 0.194. The third-order valence-electron chi connectivity index (χ3n) is 6.35. The van der Waals surface area contributed by atoms with Crippen molar-refractivity contribution < 1.29 is 9.53 Å². The number of carbonyl (C=O) groups excluding carboxylic acids is 1. The quantitative estimate of drug-likeness (QED) is 0.500. The highest BCUT2D eigenvalue weighted by Gasteiger charge is 2.32. The van der Waals surface area contributed by atoms with Crippen molar-refractivity contribution in [2.75, 3.05) is 26.2 Å². The maximum Gasteiger partial charge on any atom is 0.222 e. The average molecular weight is 472 g/mol. The van der Waals surface area contributed by atoms with Crippen molar-refractivity contribution >= 4 is 23.7 Å². The van der Waals surface area contributed by atoms with E-state index in [4.69, 9.17) is 22.1 Å². The van der Waals surface area contributed by atoms with E-state index in [0.29, 0.717) is 49.2 Å². The number of nitrogens with one attached hydrogen (secondary N) is 1. The fourth-order valence-electron chi connectivity index (χ4n) is 4.55. The number of ether oxygens (including phenoxy) is 1. The van der Waals surface area contributed by atoms with E-state index in [0.717, 1.165) is 30.7 Å². The standard InChI is InChI=1S/C25H34ClN5O2/c1-3-30-22(13-28)15-29-14-20-10-24(19(12-27)7-17(20)2)33-23-9-18(8-21(26)11-23)16-31-6-4-5-25(31)32/h3,8,10-11,15,17,19-20,23,29H,4-7,9,13-14,16,28H2,1-2H3/b22-15-,30-3?. The smallest absolute Gasteiger partial charge is 0.222 e. The molecular weight excluding hydrogens is 438 g/mol. The zero-order chi connectivity index (χ0) is 23.8. The van der Waals surface area contributed by atoms with Crippen molar-refractivity contribution in [2.45, 2.75) is 45.6 Å². The number of carbonyl (C=O) groups is 1. The number of aliphatic imine (C=N–C) groups is 1. The first-order chi connectivity index (χ1) is 15.9. The van der Waals surface area contributed by atoms with E-state index in [1.807, 2.05) is 30.2 Å². The molecule has 1 heterocycles. The van der Waals surface area contributed by atoms with Crippen LogP contribution in [0.1, 0.15) is 39.5 Å². The van der Waals surface area contributed by atoms with Gasteiger partial charge in [-0.25, -0.2) is 0 Å². The lowest BCUT2D eigenvalue weighted by Crippen LogP contribution is -2.31. The molecule has 0 radical (unpaired) electrons. The van der Waals surface area contributed by atoms with Crippen molar-refractivity contribution in [1.82, 2.24) is 10.2 Å². The van der Waals surface area contributed by atoms with Crippen molar-refractivity contribution in [3.8, 4) is 6.07 Å². The summed E-state index contributed by atoms with van der Waals surface area (Å²) in [7, 11) is 0. The van der Waals surface area contributed by atoms with E-state index in [9.17, 15) is 10.1 Å². The summed E-state index contributed by atoms with van der Waals surface area (Å²) in [5.41, 5.74) is 7.58. The van der Waals surface area contributed by atoms with E-state index in [1.165, 1.54) is 0 Å². The van der Waals surface area contributed by atoms with Crippen molar-refractivity contribution in [3.05, 3.63) is 46.5 Å². The Hall–Kier alpha value is -2.56.